The third-order valence-electron chi connectivity index (χ3n) is 6.42. The second-order valence-corrected chi connectivity index (χ2v) is 10.2. The minimum atomic E-state index is -1.01. The normalized spacial score (nSPS) is 14.7. The van der Waals surface area contributed by atoms with Gasteiger partial charge in [-0.2, -0.15) is 5.26 Å². The lowest BCUT2D eigenvalue weighted by atomic mass is 10.1. The van der Waals surface area contributed by atoms with Crippen LogP contribution in [-0.2, 0) is 17.9 Å². The Morgan fingerprint density at radius 2 is 1.74 bits per heavy atom. The Morgan fingerprint density at radius 1 is 1.00 bits per heavy atom. The highest BCUT2D eigenvalue weighted by atomic mass is 32.2. The SMILES string of the molecule is COc1cc(/C=C2\SC(=Nc3ccccc3)N(Cc3ccc(C(=O)O)cc3)C2=O)ccc1OCc1ccccc1C#N. The monoisotopic (exact) mass is 575 g/mol. The molecule has 0 saturated carbocycles. The van der Waals surface area contributed by atoms with E-state index in [1.54, 1.807) is 54.5 Å². The van der Waals surface area contributed by atoms with E-state index in [1.165, 1.54) is 23.9 Å². The Hall–Kier alpha value is -5.33. The van der Waals surface area contributed by atoms with E-state index < -0.39 is 5.97 Å². The number of hydrogen-bond donors (Lipinski definition) is 1. The molecule has 0 aromatic heterocycles. The van der Waals surface area contributed by atoms with Gasteiger partial charge in [-0.25, -0.2) is 9.79 Å². The van der Waals surface area contributed by atoms with Crippen molar-refractivity contribution in [1.82, 2.24) is 4.90 Å². The molecule has 42 heavy (non-hydrogen) atoms. The number of rotatable bonds is 9. The van der Waals surface area contributed by atoms with Gasteiger partial charge in [0.15, 0.2) is 16.7 Å². The summed E-state index contributed by atoms with van der Waals surface area (Å²) in [7, 11) is 1.54. The number of nitriles is 1. The summed E-state index contributed by atoms with van der Waals surface area (Å²) < 4.78 is 11.5. The van der Waals surface area contributed by atoms with Crippen LogP contribution < -0.4 is 9.47 Å². The molecule has 0 atom stereocenters. The standard InChI is InChI=1S/C33H25N3O5S/c1-40-29-17-23(13-16-28(29)41-21-26-8-6-5-7-25(26)19-34)18-30-31(37)36(20-22-11-14-24(15-12-22)32(38)39)33(42-30)35-27-9-3-2-4-10-27/h2-18H,20-21H2,1H3,(H,38,39)/b30-18-,35-33?. The molecule has 9 heteroatoms. The highest BCUT2D eigenvalue weighted by molar-refractivity contribution is 8.18. The van der Waals surface area contributed by atoms with Gasteiger partial charge in [0.25, 0.3) is 5.91 Å². The predicted octanol–water partition coefficient (Wildman–Crippen LogP) is 6.65. The van der Waals surface area contributed by atoms with E-state index in [9.17, 15) is 20.0 Å². The highest BCUT2D eigenvalue weighted by Gasteiger charge is 2.33. The van der Waals surface area contributed by atoms with E-state index in [4.69, 9.17) is 14.5 Å². The number of thioether (sulfide) groups is 1. The Kier molecular flexibility index (Phi) is 8.66. The number of amidine groups is 1. The Bertz CT molecular complexity index is 1730. The van der Waals surface area contributed by atoms with Crippen LogP contribution in [0, 0.1) is 11.3 Å². The van der Waals surface area contributed by atoms with Crippen LogP contribution in [0.4, 0.5) is 5.69 Å². The van der Waals surface area contributed by atoms with Crippen LogP contribution in [0.2, 0.25) is 0 Å². The average Bonchev–Trinajstić information content (AvgIpc) is 3.29. The quantitative estimate of drug-likeness (QED) is 0.222. The molecule has 1 saturated heterocycles. The summed E-state index contributed by atoms with van der Waals surface area (Å²) in [6.45, 7) is 0.436. The maximum absolute atomic E-state index is 13.6. The molecule has 0 radical (unpaired) electrons. The molecule has 0 bridgehead atoms. The van der Waals surface area contributed by atoms with Crippen LogP contribution >= 0.6 is 11.8 Å². The molecule has 208 valence electrons. The summed E-state index contributed by atoms with van der Waals surface area (Å²) in [5.41, 5.74) is 3.71. The highest BCUT2D eigenvalue weighted by Crippen LogP contribution is 2.37. The molecular weight excluding hydrogens is 550 g/mol. The molecule has 1 N–H and O–H groups in total. The van der Waals surface area contributed by atoms with Crippen molar-refractivity contribution in [3.05, 3.63) is 130 Å². The second kappa shape index (κ2) is 12.9. The molecule has 0 unspecified atom stereocenters. The van der Waals surface area contributed by atoms with Gasteiger partial charge >= 0.3 is 5.97 Å². The first kappa shape index (κ1) is 28.2. The second-order valence-electron chi connectivity index (χ2n) is 9.20. The fourth-order valence-electron chi connectivity index (χ4n) is 4.23. The Morgan fingerprint density at radius 3 is 2.45 bits per heavy atom. The van der Waals surface area contributed by atoms with Crippen molar-refractivity contribution in [3.8, 4) is 17.6 Å². The number of aromatic carboxylic acids is 1. The lowest BCUT2D eigenvalue weighted by Gasteiger charge is -2.16. The van der Waals surface area contributed by atoms with E-state index in [2.05, 4.69) is 6.07 Å². The van der Waals surface area contributed by atoms with Crippen molar-refractivity contribution in [3.63, 3.8) is 0 Å². The number of nitrogens with zero attached hydrogens (tertiary/aromatic N) is 3. The van der Waals surface area contributed by atoms with Gasteiger partial charge in [0.05, 0.1) is 41.4 Å². The number of para-hydroxylation sites is 1. The summed E-state index contributed by atoms with van der Waals surface area (Å²) in [5, 5.41) is 19.1. The van der Waals surface area contributed by atoms with E-state index in [0.717, 1.165) is 16.7 Å². The van der Waals surface area contributed by atoms with Crippen molar-refractivity contribution < 1.29 is 24.2 Å². The van der Waals surface area contributed by atoms with Crippen LogP contribution in [0.5, 0.6) is 11.5 Å². The summed E-state index contributed by atoms with van der Waals surface area (Å²) in [6, 6.07) is 30.6. The van der Waals surface area contributed by atoms with Crippen molar-refractivity contribution in [2.24, 2.45) is 4.99 Å². The van der Waals surface area contributed by atoms with Crippen molar-refractivity contribution in [2.75, 3.05) is 7.11 Å². The maximum Gasteiger partial charge on any atom is 0.335 e. The number of ether oxygens (including phenoxy) is 2. The Labute approximate surface area is 247 Å². The van der Waals surface area contributed by atoms with Gasteiger partial charge in [-0.15, -0.1) is 0 Å². The van der Waals surface area contributed by atoms with Crippen LogP contribution in [-0.4, -0.2) is 34.2 Å². The first-order valence-electron chi connectivity index (χ1n) is 12.9. The number of benzene rings is 4. The molecule has 1 aliphatic rings. The minimum absolute atomic E-state index is 0.176. The lowest BCUT2D eigenvalue weighted by molar-refractivity contribution is -0.122. The summed E-state index contributed by atoms with van der Waals surface area (Å²) in [5.74, 6) is -0.229. The van der Waals surface area contributed by atoms with Crippen LogP contribution in [0.15, 0.2) is 107 Å². The summed E-state index contributed by atoms with van der Waals surface area (Å²) >= 11 is 1.26. The fraction of sp³-hybridized carbons (Fsp3) is 0.0909. The van der Waals surface area contributed by atoms with Gasteiger partial charge in [0, 0.05) is 5.56 Å². The summed E-state index contributed by atoms with van der Waals surface area (Å²) in [6.07, 6.45) is 1.78. The Balaban J connectivity index is 1.40. The first-order valence-corrected chi connectivity index (χ1v) is 13.7. The molecule has 0 aliphatic carbocycles. The number of aliphatic imine (C=N–C) groups is 1. The fourth-order valence-corrected chi connectivity index (χ4v) is 5.23. The van der Waals surface area contributed by atoms with Gasteiger partial charge < -0.3 is 14.6 Å². The van der Waals surface area contributed by atoms with E-state index in [0.29, 0.717) is 32.8 Å². The molecule has 4 aromatic carbocycles. The van der Waals surface area contributed by atoms with Crippen LogP contribution in [0.25, 0.3) is 6.08 Å². The first-order chi connectivity index (χ1) is 20.4. The number of methoxy groups -OCH3 is 1. The molecular formula is C33H25N3O5S. The number of carboxylic acid groups (broad SMARTS) is 1. The van der Waals surface area contributed by atoms with Crippen LogP contribution in [0.3, 0.4) is 0 Å². The molecule has 1 amide bonds. The zero-order valence-corrected chi connectivity index (χ0v) is 23.4. The number of carbonyl (C=O) groups excluding carboxylic acids is 1. The molecule has 1 aliphatic heterocycles. The molecule has 8 nitrogen and oxygen atoms in total. The molecule has 1 fully saturated rings. The topological polar surface area (TPSA) is 112 Å². The van der Waals surface area contributed by atoms with Gasteiger partial charge in [0.2, 0.25) is 0 Å². The van der Waals surface area contributed by atoms with E-state index in [-0.39, 0.29) is 24.6 Å². The number of amides is 1. The lowest BCUT2D eigenvalue weighted by Crippen LogP contribution is -2.28. The van der Waals surface area contributed by atoms with Gasteiger partial charge in [-0.1, -0.05) is 54.6 Å². The predicted molar refractivity (Wildman–Crippen MR) is 162 cm³/mol. The minimum Gasteiger partial charge on any atom is -0.493 e. The van der Waals surface area contributed by atoms with E-state index in [1.807, 2.05) is 48.5 Å². The molecule has 5 rings (SSSR count). The third-order valence-corrected chi connectivity index (χ3v) is 7.42. The number of carboxylic acids is 1. The van der Waals surface area contributed by atoms with Crippen molar-refractivity contribution in [2.45, 2.75) is 13.2 Å². The molecule has 0 spiro atoms. The smallest absolute Gasteiger partial charge is 0.335 e. The van der Waals surface area contributed by atoms with Gasteiger partial charge in [-0.3, -0.25) is 9.69 Å². The average molecular weight is 576 g/mol. The van der Waals surface area contributed by atoms with Gasteiger partial charge in [-0.05, 0) is 71.4 Å². The summed E-state index contributed by atoms with van der Waals surface area (Å²) in [4.78, 5) is 31.6. The van der Waals surface area contributed by atoms with Crippen molar-refractivity contribution >= 4 is 40.6 Å². The zero-order chi connectivity index (χ0) is 29.5. The van der Waals surface area contributed by atoms with Gasteiger partial charge in [0.1, 0.15) is 6.61 Å². The molecule has 1 heterocycles. The maximum atomic E-state index is 13.6. The van der Waals surface area contributed by atoms with Crippen LogP contribution in [0.1, 0.15) is 32.6 Å². The zero-order valence-electron chi connectivity index (χ0n) is 22.6. The third kappa shape index (κ3) is 6.52. The number of hydrogen-bond acceptors (Lipinski definition) is 7. The number of carbonyl (C=O) groups is 2. The van der Waals surface area contributed by atoms with Crippen molar-refractivity contribution in [1.29, 1.82) is 5.26 Å². The largest absolute Gasteiger partial charge is 0.493 e. The molecule has 4 aromatic rings. The van der Waals surface area contributed by atoms with E-state index >= 15 is 0 Å².